The smallest absolute Gasteiger partial charge is 0.250 e. The van der Waals surface area contributed by atoms with E-state index in [-0.39, 0.29) is 12.5 Å². The molecule has 88 valence electrons. The number of nitrogens with one attached hydrogen (secondary N) is 1. The fraction of sp³-hybridized carbons (Fsp3) is 0.167. The van der Waals surface area contributed by atoms with Gasteiger partial charge in [0, 0.05) is 29.9 Å². The Morgan fingerprint density at radius 2 is 2.41 bits per heavy atom. The lowest BCUT2D eigenvalue weighted by Gasteiger charge is -2.05. The Bertz CT molecular complexity index is 497. The zero-order valence-electron chi connectivity index (χ0n) is 9.34. The average molecular weight is 248 g/mol. The second-order valence-electron chi connectivity index (χ2n) is 3.40. The van der Waals surface area contributed by atoms with E-state index in [4.69, 9.17) is 4.74 Å². The highest BCUT2D eigenvalue weighted by molar-refractivity contribution is 7.13. The summed E-state index contributed by atoms with van der Waals surface area (Å²) >= 11 is 1.57. The Morgan fingerprint density at radius 3 is 3.12 bits per heavy atom. The van der Waals surface area contributed by atoms with E-state index in [2.05, 4.69) is 10.3 Å². The lowest BCUT2D eigenvalue weighted by atomic mass is 10.2. The van der Waals surface area contributed by atoms with Crippen molar-refractivity contribution in [3.8, 4) is 10.6 Å². The van der Waals surface area contributed by atoms with Crippen LogP contribution in [0.1, 0.15) is 0 Å². The highest BCUT2D eigenvalue weighted by Gasteiger charge is 2.04. The van der Waals surface area contributed by atoms with Crippen molar-refractivity contribution in [2.45, 2.75) is 0 Å². The minimum atomic E-state index is -0.163. The van der Waals surface area contributed by atoms with E-state index in [1.165, 1.54) is 7.11 Å². The molecular weight excluding hydrogens is 236 g/mol. The molecule has 0 unspecified atom stereocenters. The molecular formula is C12H12N2O2S. The van der Waals surface area contributed by atoms with Crippen LogP contribution in [0.25, 0.3) is 10.6 Å². The SMILES string of the molecule is COCC(=O)Nc1cccc(-c2nccs2)c1. The molecule has 0 spiro atoms. The molecule has 1 heterocycles. The van der Waals surface area contributed by atoms with Crippen molar-refractivity contribution in [2.75, 3.05) is 19.0 Å². The van der Waals surface area contributed by atoms with Crippen molar-refractivity contribution in [1.29, 1.82) is 0 Å². The van der Waals surface area contributed by atoms with Crippen LogP contribution in [0.4, 0.5) is 5.69 Å². The van der Waals surface area contributed by atoms with Gasteiger partial charge in [0.05, 0.1) is 0 Å². The molecule has 2 aromatic rings. The van der Waals surface area contributed by atoms with Gasteiger partial charge in [0.25, 0.3) is 0 Å². The summed E-state index contributed by atoms with van der Waals surface area (Å²) in [5.74, 6) is -0.163. The zero-order chi connectivity index (χ0) is 12.1. The molecule has 1 aromatic carbocycles. The van der Waals surface area contributed by atoms with E-state index in [9.17, 15) is 4.79 Å². The fourth-order valence-corrected chi connectivity index (χ4v) is 2.06. The number of rotatable bonds is 4. The predicted molar refractivity (Wildman–Crippen MR) is 68.1 cm³/mol. The molecule has 0 aliphatic rings. The maximum Gasteiger partial charge on any atom is 0.250 e. The van der Waals surface area contributed by atoms with Crippen LogP contribution in [0.3, 0.4) is 0 Å². The molecule has 0 bridgehead atoms. The first-order valence-electron chi connectivity index (χ1n) is 5.08. The molecule has 1 N–H and O–H groups in total. The number of nitrogens with zero attached hydrogens (tertiary/aromatic N) is 1. The minimum absolute atomic E-state index is 0.0570. The number of ether oxygens (including phenoxy) is 1. The number of thiazole rings is 1. The fourth-order valence-electron chi connectivity index (χ4n) is 1.42. The first-order chi connectivity index (χ1) is 8.29. The largest absolute Gasteiger partial charge is 0.375 e. The lowest BCUT2D eigenvalue weighted by Crippen LogP contribution is -2.16. The molecule has 0 atom stereocenters. The highest BCUT2D eigenvalue weighted by atomic mass is 32.1. The highest BCUT2D eigenvalue weighted by Crippen LogP contribution is 2.24. The average Bonchev–Trinajstić information content (AvgIpc) is 2.83. The zero-order valence-corrected chi connectivity index (χ0v) is 10.2. The first-order valence-corrected chi connectivity index (χ1v) is 5.96. The first kappa shape index (κ1) is 11.8. The number of anilines is 1. The second-order valence-corrected chi connectivity index (χ2v) is 4.29. The van der Waals surface area contributed by atoms with Crippen LogP contribution in [0, 0.1) is 0 Å². The Morgan fingerprint density at radius 1 is 1.53 bits per heavy atom. The molecule has 0 aliphatic heterocycles. The summed E-state index contributed by atoms with van der Waals surface area (Å²) in [5.41, 5.74) is 1.75. The van der Waals surface area contributed by atoms with E-state index >= 15 is 0 Å². The van der Waals surface area contributed by atoms with Gasteiger partial charge in [-0.25, -0.2) is 4.98 Å². The quantitative estimate of drug-likeness (QED) is 0.903. The van der Waals surface area contributed by atoms with E-state index < -0.39 is 0 Å². The van der Waals surface area contributed by atoms with Crippen molar-refractivity contribution in [1.82, 2.24) is 4.98 Å². The van der Waals surface area contributed by atoms with Crippen LogP contribution in [0.5, 0.6) is 0 Å². The van der Waals surface area contributed by atoms with Crippen molar-refractivity contribution < 1.29 is 9.53 Å². The summed E-state index contributed by atoms with van der Waals surface area (Å²) in [6.45, 7) is 0.0570. The van der Waals surface area contributed by atoms with Crippen molar-refractivity contribution in [2.24, 2.45) is 0 Å². The van der Waals surface area contributed by atoms with Gasteiger partial charge < -0.3 is 10.1 Å². The van der Waals surface area contributed by atoms with Crippen LogP contribution in [0.2, 0.25) is 0 Å². The number of amides is 1. The van der Waals surface area contributed by atoms with Gasteiger partial charge in [0.2, 0.25) is 5.91 Å². The van der Waals surface area contributed by atoms with Gasteiger partial charge >= 0.3 is 0 Å². The summed E-state index contributed by atoms with van der Waals surface area (Å²) in [5, 5.41) is 5.62. The normalized spacial score (nSPS) is 10.2. The number of carbonyl (C=O) groups excluding carboxylic acids is 1. The van der Waals surface area contributed by atoms with Gasteiger partial charge in [-0.15, -0.1) is 11.3 Å². The molecule has 1 amide bonds. The molecule has 5 heteroatoms. The predicted octanol–water partition coefficient (Wildman–Crippen LogP) is 2.40. The molecule has 4 nitrogen and oxygen atoms in total. The number of carbonyl (C=O) groups is 1. The number of hydrogen-bond acceptors (Lipinski definition) is 4. The van der Waals surface area contributed by atoms with Gasteiger partial charge in [-0.1, -0.05) is 12.1 Å². The number of hydrogen-bond donors (Lipinski definition) is 1. The molecule has 2 rings (SSSR count). The number of benzene rings is 1. The van der Waals surface area contributed by atoms with E-state index in [0.29, 0.717) is 0 Å². The van der Waals surface area contributed by atoms with Crippen LogP contribution in [-0.4, -0.2) is 24.6 Å². The van der Waals surface area contributed by atoms with Crippen LogP contribution >= 0.6 is 11.3 Å². The molecule has 0 saturated heterocycles. The maximum absolute atomic E-state index is 11.4. The summed E-state index contributed by atoms with van der Waals surface area (Å²) in [6, 6.07) is 7.58. The topological polar surface area (TPSA) is 51.2 Å². The molecule has 0 radical (unpaired) electrons. The molecule has 0 fully saturated rings. The van der Waals surface area contributed by atoms with Crippen molar-refractivity contribution >= 4 is 22.9 Å². The van der Waals surface area contributed by atoms with Crippen molar-refractivity contribution in [3.05, 3.63) is 35.8 Å². The number of aromatic nitrogens is 1. The maximum atomic E-state index is 11.4. The van der Waals surface area contributed by atoms with E-state index in [0.717, 1.165) is 16.3 Å². The Labute approximate surface area is 103 Å². The van der Waals surface area contributed by atoms with Gasteiger partial charge in [-0.3, -0.25) is 4.79 Å². The van der Waals surface area contributed by atoms with Gasteiger partial charge in [0.1, 0.15) is 11.6 Å². The molecule has 0 aliphatic carbocycles. The summed E-state index contributed by atoms with van der Waals surface area (Å²) in [6.07, 6.45) is 1.76. The molecule has 17 heavy (non-hydrogen) atoms. The third-order valence-corrected chi connectivity index (χ3v) is 2.92. The summed E-state index contributed by atoms with van der Waals surface area (Å²) < 4.78 is 4.76. The summed E-state index contributed by atoms with van der Waals surface area (Å²) in [7, 11) is 1.49. The van der Waals surface area contributed by atoms with Gasteiger partial charge in [-0.05, 0) is 12.1 Å². The monoisotopic (exact) mass is 248 g/mol. The molecule has 1 aromatic heterocycles. The standard InChI is InChI=1S/C12H12N2O2S/c1-16-8-11(15)14-10-4-2-3-9(7-10)12-13-5-6-17-12/h2-7H,8H2,1H3,(H,14,15). The summed E-state index contributed by atoms with van der Waals surface area (Å²) in [4.78, 5) is 15.6. The Kier molecular flexibility index (Phi) is 3.85. The van der Waals surface area contributed by atoms with Gasteiger partial charge in [-0.2, -0.15) is 0 Å². The third-order valence-electron chi connectivity index (χ3n) is 2.10. The molecule has 0 saturated carbocycles. The second kappa shape index (κ2) is 5.56. The Balaban J connectivity index is 2.15. The lowest BCUT2D eigenvalue weighted by molar-refractivity contribution is -0.119. The van der Waals surface area contributed by atoms with Gasteiger partial charge in [0.15, 0.2) is 0 Å². The third kappa shape index (κ3) is 3.12. The minimum Gasteiger partial charge on any atom is -0.375 e. The van der Waals surface area contributed by atoms with Crippen molar-refractivity contribution in [3.63, 3.8) is 0 Å². The Hall–Kier alpha value is -1.72. The van der Waals surface area contributed by atoms with E-state index in [1.807, 2.05) is 29.6 Å². The van der Waals surface area contributed by atoms with Crippen LogP contribution in [0.15, 0.2) is 35.8 Å². The van der Waals surface area contributed by atoms with Crippen LogP contribution < -0.4 is 5.32 Å². The van der Waals surface area contributed by atoms with E-state index in [1.54, 1.807) is 17.5 Å². The van der Waals surface area contributed by atoms with Crippen LogP contribution in [-0.2, 0) is 9.53 Å². The number of methoxy groups -OCH3 is 1.